The fraction of sp³-hybridized carbons (Fsp3) is 0.353. The molecule has 0 bridgehead atoms. The van der Waals surface area contributed by atoms with Crippen molar-refractivity contribution in [3.8, 4) is 5.88 Å². The number of carbonyl (C=O) groups excluding carboxylic acids is 3. The Morgan fingerprint density at radius 2 is 1.51 bits per heavy atom. The topological polar surface area (TPSA) is 98.8 Å². The van der Waals surface area contributed by atoms with E-state index < -0.39 is 11.7 Å². The van der Waals surface area contributed by atoms with Crippen LogP contribution in [-0.4, -0.2) is 87.6 Å². The molecule has 9 heteroatoms. The predicted molar refractivity (Wildman–Crippen MR) is 164 cm³/mol. The Balaban J connectivity index is 1.29. The van der Waals surface area contributed by atoms with E-state index in [0.717, 1.165) is 12.8 Å². The number of methoxy groups -OCH3 is 1. The highest BCUT2D eigenvalue weighted by Crippen LogP contribution is 2.34. The highest BCUT2D eigenvalue weighted by molar-refractivity contribution is 6.44. The molecule has 9 nitrogen and oxygen atoms in total. The number of likely N-dealkylation sites (tertiary alicyclic amines) is 1. The van der Waals surface area contributed by atoms with E-state index in [1.807, 2.05) is 17.0 Å². The standard InChI is InChI=1S/C34H37N5O4/c1-22-21-39(23(2)20-38(22)29(24-12-6-4-7-13-24)25-14-8-5-9-15-25)33(41)27-18-26-28(19-35-31(26)36-32(27)43-3)30(40)34(42)37-16-10-11-17-37/h4-9,12-15,18-19,22-23,29H,10-11,16-17,20-21H2,1-3H3,(H,35,36)/t22-,23+/m0/s1. The number of rotatable bonds is 7. The van der Waals surface area contributed by atoms with Gasteiger partial charge in [-0.2, -0.15) is 4.98 Å². The van der Waals surface area contributed by atoms with Crippen molar-refractivity contribution in [2.45, 2.75) is 44.8 Å². The molecular weight excluding hydrogens is 542 g/mol. The number of hydrogen-bond donors (Lipinski definition) is 1. The van der Waals surface area contributed by atoms with Gasteiger partial charge in [0.25, 0.3) is 17.6 Å². The lowest BCUT2D eigenvalue weighted by Crippen LogP contribution is -2.58. The molecule has 0 aliphatic carbocycles. The monoisotopic (exact) mass is 579 g/mol. The number of nitrogens with zero attached hydrogens (tertiary/aromatic N) is 4. The number of carbonyl (C=O) groups is 3. The van der Waals surface area contributed by atoms with Gasteiger partial charge in [0.2, 0.25) is 5.88 Å². The second-order valence-electron chi connectivity index (χ2n) is 11.5. The molecule has 222 valence electrons. The summed E-state index contributed by atoms with van der Waals surface area (Å²) in [4.78, 5) is 53.7. The van der Waals surface area contributed by atoms with E-state index in [0.29, 0.717) is 37.2 Å². The first kappa shape index (κ1) is 28.6. The van der Waals surface area contributed by atoms with Crippen LogP contribution < -0.4 is 4.74 Å². The normalized spacial score (nSPS) is 19.3. The Morgan fingerprint density at radius 3 is 2.12 bits per heavy atom. The maximum absolute atomic E-state index is 14.2. The molecule has 2 aliphatic heterocycles. The van der Waals surface area contributed by atoms with Crippen LogP contribution in [0.1, 0.15) is 64.6 Å². The molecule has 43 heavy (non-hydrogen) atoms. The summed E-state index contributed by atoms with van der Waals surface area (Å²) in [7, 11) is 1.48. The van der Waals surface area contributed by atoms with Crippen molar-refractivity contribution in [3.63, 3.8) is 0 Å². The molecule has 2 aromatic carbocycles. The maximum atomic E-state index is 14.2. The lowest BCUT2D eigenvalue weighted by atomic mass is 9.93. The van der Waals surface area contributed by atoms with E-state index in [1.165, 1.54) is 24.4 Å². The smallest absolute Gasteiger partial charge is 0.295 e. The van der Waals surface area contributed by atoms with Gasteiger partial charge in [-0.3, -0.25) is 19.3 Å². The molecule has 0 saturated carbocycles. The molecule has 4 aromatic rings. The summed E-state index contributed by atoms with van der Waals surface area (Å²) in [6.45, 7) is 6.54. The highest BCUT2D eigenvalue weighted by Gasteiger charge is 2.38. The first-order chi connectivity index (χ1) is 20.9. The average molecular weight is 580 g/mol. The number of ether oxygens (including phenoxy) is 1. The zero-order valence-corrected chi connectivity index (χ0v) is 24.8. The molecular formula is C34H37N5O4. The van der Waals surface area contributed by atoms with E-state index in [-0.39, 0.29) is 41.0 Å². The highest BCUT2D eigenvalue weighted by atomic mass is 16.5. The Morgan fingerprint density at radius 1 is 0.884 bits per heavy atom. The number of amides is 2. The first-order valence-corrected chi connectivity index (χ1v) is 14.9. The zero-order valence-electron chi connectivity index (χ0n) is 24.8. The van der Waals surface area contributed by atoms with E-state index in [4.69, 9.17) is 4.74 Å². The summed E-state index contributed by atoms with van der Waals surface area (Å²) in [6.07, 6.45) is 3.29. The van der Waals surface area contributed by atoms with Crippen LogP contribution in [0.5, 0.6) is 5.88 Å². The van der Waals surface area contributed by atoms with Crippen molar-refractivity contribution in [2.24, 2.45) is 0 Å². The third-order valence-electron chi connectivity index (χ3n) is 8.74. The molecule has 1 N–H and O–H groups in total. The van der Waals surface area contributed by atoms with E-state index in [9.17, 15) is 14.4 Å². The van der Waals surface area contributed by atoms with Crippen molar-refractivity contribution < 1.29 is 19.1 Å². The molecule has 0 spiro atoms. The minimum absolute atomic E-state index is 0.0474. The van der Waals surface area contributed by atoms with Crippen LogP contribution in [0.25, 0.3) is 11.0 Å². The van der Waals surface area contributed by atoms with Crippen LogP contribution in [0.15, 0.2) is 72.9 Å². The van der Waals surface area contributed by atoms with Gasteiger partial charge in [0.1, 0.15) is 11.2 Å². The number of nitrogens with one attached hydrogen (secondary N) is 1. The molecule has 2 aromatic heterocycles. The summed E-state index contributed by atoms with van der Waals surface area (Å²) >= 11 is 0. The van der Waals surface area contributed by atoms with Gasteiger partial charge in [0.05, 0.1) is 18.7 Å². The Hall–Kier alpha value is -4.50. The molecule has 4 heterocycles. The van der Waals surface area contributed by atoms with E-state index in [2.05, 4.69) is 77.2 Å². The average Bonchev–Trinajstić information content (AvgIpc) is 3.72. The van der Waals surface area contributed by atoms with E-state index >= 15 is 0 Å². The van der Waals surface area contributed by atoms with Crippen molar-refractivity contribution in [2.75, 3.05) is 33.3 Å². The van der Waals surface area contributed by atoms with Gasteiger partial charge in [-0.25, -0.2) is 0 Å². The van der Waals surface area contributed by atoms with Crippen molar-refractivity contribution in [3.05, 3.63) is 95.2 Å². The number of Topliss-reactive ketones (excluding diaryl/α,β-unsaturated/α-hetero) is 1. The third kappa shape index (κ3) is 5.41. The van der Waals surface area contributed by atoms with Crippen LogP contribution in [0.2, 0.25) is 0 Å². The van der Waals surface area contributed by atoms with Crippen LogP contribution in [0.3, 0.4) is 0 Å². The predicted octanol–water partition coefficient (Wildman–Crippen LogP) is 4.70. The number of aromatic amines is 1. The number of H-pyrrole nitrogens is 1. The summed E-state index contributed by atoms with van der Waals surface area (Å²) in [5.74, 6) is -1.15. The second kappa shape index (κ2) is 12.0. The summed E-state index contributed by atoms with van der Waals surface area (Å²) in [6, 6.07) is 22.6. The fourth-order valence-corrected chi connectivity index (χ4v) is 6.50. The Bertz CT molecular complexity index is 1590. The molecule has 2 aliphatic rings. The zero-order chi connectivity index (χ0) is 30.1. The molecule has 0 radical (unpaired) electrons. The number of fused-ring (bicyclic) bond motifs is 1. The molecule has 0 unspecified atom stereocenters. The van der Waals surface area contributed by atoms with Gasteiger partial charge in [-0.15, -0.1) is 0 Å². The van der Waals surface area contributed by atoms with Crippen LogP contribution in [0.4, 0.5) is 0 Å². The molecule has 2 saturated heterocycles. The van der Waals surface area contributed by atoms with Crippen molar-refractivity contribution in [1.82, 2.24) is 24.7 Å². The van der Waals surface area contributed by atoms with Gasteiger partial charge < -0.3 is 19.5 Å². The Kier molecular flexibility index (Phi) is 7.99. The number of hydrogen-bond acceptors (Lipinski definition) is 6. The Labute approximate surface area is 251 Å². The molecule has 2 amide bonds. The van der Waals surface area contributed by atoms with Gasteiger partial charge in [0, 0.05) is 49.8 Å². The number of benzene rings is 2. The minimum atomic E-state index is -0.595. The molecule has 2 atom stereocenters. The summed E-state index contributed by atoms with van der Waals surface area (Å²) in [5.41, 5.74) is 3.29. The molecule has 6 rings (SSSR count). The minimum Gasteiger partial charge on any atom is -0.480 e. The summed E-state index contributed by atoms with van der Waals surface area (Å²) in [5, 5.41) is 0.439. The number of pyridine rings is 1. The van der Waals surface area contributed by atoms with E-state index in [1.54, 1.807) is 11.0 Å². The second-order valence-corrected chi connectivity index (χ2v) is 11.5. The van der Waals surface area contributed by atoms with Gasteiger partial charge in [-0.05, 0) is 43.9 Å². The third-order valence-corrected chi connectivity index (χ3v) is 8.74. The lowest BCUT2D eigenvalue weighted by molar-refractivity contribution is -0.125. The lowest BCUT2D eigenvalue weighted by Gasteiger charge is -2.47. The van der Waals surface area contributed by atoms with Gasteiger partial charge in [-0.1, -0.05) is 60.7 Å². The maximum Gasteiger partial charge on any atom is 0.295 e. The molecule has 2 fully saturated rings. The van der Waals surface area contributed by atoms with Gasteiger partial charge in [0.15, 0.2) is 0 Å². The summed E-state index contributed by atoms with van der Waals surface area (Å²) < 4.78 is 5.55. The fourth-order valence-electron chi connectivity index (χ4n) is 6.50. The SMILES string of the molecule is COc1nc2[nH]cc(C(=O)C(=O)N3CCCC3)c2cc1C(=O)N1C[C@H](C)N(C(c2ccccc2)c2ccccc2)C[C@H]1C. The van der Waals surface area contributed by atoms with Crippen molar-refractivity contribution in [1.29, 1.82) is 0 Å². The first-order valence-electron chi connectivity index (χ1n) is 14.9. The van der Waals surface area contributed by atoms with Crippen LogP contribution in [0, 0.1) is 0 Å². The quantitative estimate of drug-likeness (QED) is 0.252. The van der Waals surface area contributed by atoms with Crippen molar-refractivity contribution >= 4 is 28.6 Å². The number of aromatic nitrogens is 2. The van der Waals surface area contributed by atoms with Gasteiger partial charge >= 0.3 is 0 Å². The van der Waals surface area contributed by atoms with Crippen LogP contribution in [-0.2, 0) is 4.79 Å². The van der Waals surface area contributed by atoms with Crippen LogP contribution >= 0.6 is 0 Å². The largest absolute Gasteiger partial charge is 0.480 e. The number of piperazine rings is 1. The number of ketones is 1.